The molecule has 6 rings (SSSR count). The molecule has 5 aromatic carbocycles. The van der Waals surface area contributed by atoms with Gasteiger partial charge in [0.2, 0.25) is 0 Å². The fourth-order valence-corrected chi connectivity index (χ4v) is 4.67. The Hall–Kier alpha value is -5.10. The van der Waals surface area contributed by atoms with Gasteiger partial charge in [-0.05, 0) is 58.3 Å². The smallest absolute Gasteiger partial charge is 0.335 e. The maximum atomic E-state index is 11.4. The zero-order chi connectivity index (χ0) is 24.8. The van der Waals surface area contributed by atoms with Gasteiger partial charge in [0.1, 0.15) is 0 Å². The Morgan fingerprint density at radius 1 is 0.500 bits per heavy atom. The highest BCUT2D eigenvalue weighted by Gasteiger charge is 2.20. The van der Waals surface area contributed by atoms with E-state index in [9.17, 15) is 19.8 Å². The molecule has 0 aliphatic rings. The summed E-state index contributed by atoms with van der Waals surface area (Å²) in [5.74, 6) is -1.97. The van der Waals surface area contributed by atoms with Crippen LogP contribution in [0.4, 0.5) is 0 Å². The lowest BCUT2D eigenvalue weighted by Crippen LogP contribution is -1.98. The van der Waals surface area contributed by atoms with Crippen LogP contribution in [0.5, 0.6) is 0 Å². The molecule has 0 bridgehead atoms. The van der Waals surface area contributed by atoms with Crippen molar-refractivity contribution in [3.05, 3.63) is 108 Å². The minimum absolute atomic E-state index is 0.207. The van der Waals surface area contributed by atoms with E-state index in [4.69, 9.17) is 9.97 Å². The third kappa shape index (κ3) is 3.44. The molecule has 0 radical (unpaired) electrons. The van der Waals surface area contributed by atoms with Crippen LogP contribution < -0.4 is 0 Å². The Morgan fingerprint density at radius 2 is 0.861 bits per heavy atom. The van der Waals surface area contributed by atoms with Gasteiger partial charge in [0, 0.05) is 11.1 Å². The van der Waals surface area contributed by atoms with Gasteiger partial charge in [-0.25, -0.2) is 19.6 Å². The van der Waals surface area contributed by atoms with Crippen molar-refractivity contribution < 1.29 is 19.8 Å². The van der Waals surface area contributed by atoms with Gasteiger partial charge in [-0.15, -0.1) is 0 Å². The van der Waals surface area contributed by atoms with E-state index in [2.05, 4.69) is 0 Å². The molecule has 0 unspecified atom stereocenters. The van der Waals surface area contributed by atoms with Gasteiger partial charge in [0.15, 0.2) is 0 Å². The van der Waals surface area contributed by atoms with Crippen LogP contribution in [0.15, 0.2) is 97.1 Å². The third-order valence-corrected chi connectivity index (χ3v) is 6.35. The first-order valence-corrected chi connectivity index (χ1v) is 11.3. The average molecular weight is 470 g/mol. The van der Waals surface area contributed by atoms with Crippen LogP contribution in [0.1, 0.15) is 20.7 Å². The van der Waals surface area contributed by atoms with Gasteiger partial charge in [-0.3, -0.25) is 0 Å². The predicted molar refractivity (Wildman–Crippen MR) is 139 cm³/mol. The summed E-state index contributed by atoms with van der Waals surface area (Å²) in [6, 6.07) is 29.1. The molecule has 172 valence electrons. The Kier molecular flexibility index (Phi) is 4.93. The summed E-state index contributed by atoms with van der Waals surface area (Å²) in [6.45, 7) is 0. The molecular formula is C30H18N2O4. The number of carboxylic acid groups (broad SMARTS) is 2. The summed E-state index contributed by atoms with van der Waals surface area (Å²) in [5, 5.41) is 20.6. The Morgan fingerprint density at radius 3 is 1.22 bits per heavy atom. The highest BCUT2D eigenvalue weighted by atomic mass is 16.4. The topological polar surface area (TPSA) is 100 Å². The number of carboxylic acids is 2. The SMILES string of the molecule is O=C(O)c1ccc(-c2c3ccccc3c(-c3ccc(C(=O)O)cc3)c3nc4ccccc4nc23)cc1. The fraction of sp³-hybridized carbons (Fsp3) is 0. The normalized spacial score (nSPS) is 11.2. The van der Waals surface area contributed by atoms with Crippen molar-refractivity contribution in [2.24, 2.45) is 0 Å². The van der Waals surface area contributed by atoms with Crippen molar-refractivity contribution in [1.29, 1.82) is 0 Å². The maximum absolute atomic E-state index is 11.4. The van der Waals surface area contributed by atoms with Crippen LogP contribution in [0, 0.1) is 0 Å². The third-order valence-electron chi connectivity index (χ3n) is 6.35. The molecule has 0 aliphatic carbocycles. The van der Waals surface area contributed by atoms with Crippen LogP contribution in [-0.4, -0.2) is 32.1 Å². The molecule has 1 heterocycles. The van der Waals surface area contributed by atoms with Gasteiger partial charge in [-0.1, -0.05) is 60.7 Å². The summed E-state index contributed by atoms with van der Waals surface area (Å²) in [5.41, 5.74) is 6.67. The largest absolute Gasteiger partial charge is 0.478 e. The Labute approximate surface area is 205 Å². The second-order valence-electron chi connectivity index (χ2n) is 8.47. The van der Waals surface area contributed by atoms with Gasteiger partial charge < -0.3 is 10.2 Å². The summed E-state index contributed by atoms with van der Waals surface area (Å²) < 4.78 is 0. The molecule has 6 aromatic rings. The van der Waals surface area contributed by atoms with Crippen molar-refractivity contribution >= 4 is 44.8 Å². The molecule has 0 aliphatic heterocycles. The number of benzene rings is 5. The number of aromatic nitrogens is 2. The first kappa shape index (κ1) is 21.4. The van der Waals surface area contributed by atoms with Crippen LogP contribution in [0.2, 0.25) is 0 Å². The zero-order valence-corrected chi connectivity index (χ0v) is 18.8. The predicted octanol–water partition coefficient (Wildman–Crippen LogP) is 6.67. The quantitative estimate of drug-likeness (QED) is 0.279. The summed E-state index contributed by atoms with van der Waals surface area (Å²) in [4.78, 5) is 32.9. The van der Waals surface area contributed by atoms with Crippen LogP contribution >= 0.6 is 0 Å². The molecule has 0 fully saturated rings. The van der Waals surface area contributed by atoms with Gasteiger partial charge in [0.05, 0.1) is 33.2 Å². The molecule has 36 heavy (non-hydrogen) atoms. The first-order valence-electron chi connectivity index (χ1n) is 11.3. The number of nitrogens with zero attached hydrogens (tertiary/aromatic N) is 2. The lowest BCUT2D eigenvalue weighted by Gasteiger charge is -2.17. The molecule has 2 N–H and O–H groups in total. The number of hydrogen-bond donors (Lipinski definition) is 2. The van der Waals surface area contributed by atoms with Gasteiger partial charge >= 0.3 is 11.9 Å². The van der Waals surface area contributed by atoms with Crippen molar-refractivity contribution in [1.82, 2.24) is 9.97 Å². The molecule has 0 atom stereocenters. The number of hydrogen-bond acceptors (Lipinski definition) is 4. The molecule has 6 heteroatoms. The van der Waals surface area contributed by atoms with E-state index in [1.54, 1.807) is 48.5 Å². The number of fused-ring (bicyclic) bond motifs is 3. The lowest BCUT2D eigenvalue weighted by molar-refractivity contribution is 0.0686. The van der Waals surface area contributed by atoms with E-state index >= 15 is 0 Å². The molecule has 0 saturated carbocycles. The van der Waals surface area contributed by atoms with Crippen LogP contribution in [0.25, 0.3) is 55.1 Å². The molecule has 0 amide bonds. The number of para-hydroxylation sites is 2. The van der Waals surface area contributed by atoms with Gasteiger partial charge in [0.25, 0.3) is 0 Å². The number of carbonyl (C=O) groups is 2. The highest BCUT2D eigenvalue weighted by Crippen LogP contribution is 2.42. The van der Waals surface area contributed by atoms with E-state index in [-0.39, 0.29) is 11.1 Å². The Bertz CT molecular complexity index is 1690. The van der Waals surface area contributed by atoms with E-state index in [1.807, 2.05) is 48.5 Å². The van der Waals surface area contributed by atoms with Crippen molar-refractivity contribution in [2.75, 3.05) is 0 Å². The summed E-state index contributed by atoms with van der Waals surface area (Å²) >= 11 is 0. The molecule has 0 saturated heterocycles. The van der Waals surface area contributed by atoms with Crippen LogP contribution in [0.3, 0.4) is 0 Å². The number of aromatic carboxylic acids is 2. The van der Waals surface area contributed by atoms with E-state index in [0.29, 0.717) is 11.0 Å². The van der Waals surface area contributed by atoms with Crippen LogP contribution in [-0.2, 0) is 0 Å². The number of rotatable bonds is 4. The van der Waals surface area contributed by atoms with Crippen molar-refractivity contribution in [3.63, 3.8) is 0 Å². The minimum Gasteiger partial charge on any atom is -0.478 e. The highest BCUT2D eigenvalue weighted by molar-refractivity contribution is 6.20. The molecular weight excluding hydrogens is 452 g/mol. The lowest BCUT2D eigenvalue weighted by atomic mass is 9.89. The minimum atomic E-state index is -0.984. The van der Waals surface area contributed by atoms with E-state index in [0.717, 1.165) is 44.1 Å². The average Bonchev–Trinajstić information content (AvgIpc) is 2.90. The maximum Gasteiger partial charge on any atom is 0.335 e. The second kappa shape index (κ2) is 8.29. The monoisotopic (exact) mass is 470 g/mol. The Balaban J connectivity index is 1.76. The van der Waals surface area contributed by atoms with Crippen molar-refractivity contribution in [2.45, 2.75) is 0 Å². The summed E-state index contributed by atoms with van der Waals surface area (Å²) in [7, 11) is 0. The van der Waals surface area contributed by atoms with Crippen molar-refractivity contribution in [3.8, 4) is 22.3 Å². The molecule has 1 aromatic heterocycles. The first-order chi connectivity index (χ1) is 17.5. The fourth-order valence-electron chi connectivity index (χ4n) is 4.67. The standard InChI is InChI=1S/C30H18N2O4/c33-29(34)19-13-9-17(10-14-19)25-21-5-1-2-6-22(21)26(18-11-15-20(16-12-18)30(35)36)28-27(25)31-23-7-3-4-8-24(23)32-28/h1-16H,(H,33,34)(H,35,36). The van der Waals surface area contributed by atoms with E-state index < -0.39 is 11.9 Å². The molecule has 0 spiro atoms. The zero-order valence-electron chi connectivity index (χ0n) is 18.8. The molecule has 6 nitrogen and oxygen atoms in total. The van der Waals surface area contributed by atoms with E-state index in [1.165, 1.54) is 0 Å². The van der Waals surface area contributed by atoms with Gasteiger partial charge in [-0.2, -0.15) is 0 Å². The second-order valence-corrected chi connectivity index (χ2v) is 8.47. The summed E-state index contributed by atoms with van der Waals surface area (Å²) in [6.07, 6.45) is 0.